The summed E-state index contributed by atoms with van der Waals surface area (Å²) < 4.78 is 7.33. The quantitative estimate of drug-likeness (QED) is 0.382. The van der Waals surface area contributed by atoms with E-state index >= 15 is 0 Å². The Bertz CT molecular complexity index is 1130. The van der Waals surface area contributed by atoms with Crippen molar-refractivity contribution < 1.29 is 14.3 Å². The van der Waals surface area contributed by atoms with Crippen LogP contribution in [0.25, 0.3) is 11.4 Å². The van der Waals surface area contributed by atoms with Gasteiger partial charge in [0.05, 0.1) is 18.2 Å². The molecule has 0 aliphatic carbocycles. The SMILES string of the molecule is CCOC(=O)C1=C(CSc2nnc(-c3ccccc3)n2CC)NC(=O)N[C@@H]1c1cccs1. The van der Waals surface area contributed by atoms with Gasteiger partial charge in [-0.3, -0.25) is 0 Å². The van der Waals surface area contributed by atoms with E-state index in [1.54, 1.807) is 6.92 Å². The Balaban J connectivity index is 1.65. The van der Waals surface area contributed by atoms with E-state index in [9.17, 15) is 9.59 Å². The first-order valence-corrected chi connectivity index (χ1v) is 12.1. The number of nitrogens with zero attached hydrogens (tertiary/aromatic N) is 3. The van der Waals surface area contributed by atoms with Crippen LogP contribution in [0.15, 0.2) is 64.3 Å². The summed E-state index contributed by atoms with van der Waals surface area (Å²) in [6.45, 7) is 4.73. The fourth-order valence-electron chi connectivity index (χ4n) is 3.47. The first-order chi connectivity index (χ1) is 15.6. The molecule has 1 aliphatic heterocycles. The number of urea groups is 1. The predicted molar refractivity (Wildman–Crippen MR) is 124 cm³/mol. The van der Waals surface area contributed by atoms with Gasteiger partial charge in [-0.25, -0.2) is 9.59 Å². The number of benzene rings is 1. The molecule has 0 saturated carbocycles. The molecule has 32 heavy (non-hydrogen) atoms. The minimum absolute atomic E-state index is 0.248. The Labute approximate surface area is 194 Å². The van der Waals surface area contributed by atoms with E-state index in [2.05, 4.69) is 20.8 Å². The average molecular weight is 470 g/mol. The summed E-state index contributed by atoms with van der Waals surface area (Å²) in [5, 5.41) is 17.0. The number of carbonyl (C=O) groups excluding carboxylic acids is 2. The number of thiophene rings is 1. The summed E-state index contributed by atoms with van der Waals surface area (Å²) in [7, 11) is 0. The molecule has 2 N–H and O–H groups in total. The van der Waals surface area contributed by atoms with Crippen LogP contribution in [0.2, 0.25) is 0 Å². The summed E-state index contributed by atoms with van der Waals surface area (Å²) in [5.74, 6) is 0.674. The lowest BCUT2D eigenvalue weighted by molar-refractivity contribution is -0.139. The predicted octanol–water partition coefficient (Wildman–Crippen LogP) is 3.99. The van der Waals surface area contributed by atoms with Crippen molar-refractivity contribution in [3.8, 4) is 11.4 Å². The van der Waals surface area contributed by atoms with Crippen LogP contribution in [0.1, 0.15) is 24.8 Å². The molecule has 1 atom stereocenters. The maximum absolute atomic E-state index is 12.8. The van der Waals surface area contributed by atoms with Gasteiger partial charge in [0.2, 0.25) is 0 Å². The van der Waals surface area contributed by atoms with E-state index in [1.165, 1.54) is 23.1 Å². The highest BCUT2D eigenvalue weighted by Crippen LogP contribution is 2.33. The number of amides is 2. The van der Waals surface area contributed by atoms with E-state index in [0.29, 0.717) is 28.7 Å². The van der Waals surface area contributed by atoms with Crippen molar-refractivity contribution in [1.29, 1.82) is 0 Å². The third-order valence-electron chi connectivity index (χ3n) is 4.89. The topological polar surface area (TPSA) is 98.1 Å². The minimum Gasteiger partial charge on any atom is -0.463 e. The van der Waals surface area contributed by atoms with Crippen LogP contribution in [-0.4, -0.2) is 39.1 Å². The molecule has 0 bridgehead atoms. The van der Waals surface area contributed by atoms with Crippen molar-refractivity contribution in [3.63, 3.8) is 0 Å². The van der Waals surface area contributed by atoms with E-state index in [-0.39, 0.29) is 12.6 Å². The van der Waals surface area contributed by atoms with Gasteiger partial charge >= 0.3 is 12.0 Å². The lowest BCUT2D eigenvalue weighted by Crippen LogP contribution is -2.46. The number of nitrogens with one attached hydrogen (secondary N) is 2. The molecule has 8 nitrogen and oxygen atoms in total. The number of carbonyl (C=O) groups is 2. The van der Waals surface area contributed by atoms with Crippen molar-refractivity contribution in [2.24, 2.45) is 0 Å². The van der Waals surface area contributed by atoms with Crippen molar-refractivity contribution in [1.82, 2.24) is 25.4 Å². The van der Waals surface area contributed by atoms with Crippen LogP contribution < -0.4 is 10.6 Å². The van der Waals surface area contributed by atoms with E-state index in [4.69, 9.17) is 4.74 Å². The Morgan fingerprint density at radius 3 is 2.69 bits per heavy atom. The van der Waals surface area contributed by atoms with Gasteiger partial charge in [-0.2, -0.15) is 0 Å². The molecule has 0 radical (unpaired) electrons. The summed E-state index contributed by atoms with van der Waals surface area (Å²) in [6.07, 6.45) is 0. The lowest BCUT2D eigenvalue weighted by Gasteiger charge is -2.28. The zero-order valence-electron chi connectivity index (χ0n) is 17.7. The highest BCUT2D eigenvalue weighted by Gasteiger charge is 2.34. The standard InChI is InChI=1S/C22H23N5O3S2/c1-3-27-19(14-9-6-5-7-10-14)25-26-22(27)32-13-15-17(20(28)30-4-2)18(24-21(29)23-15)16-11-8-12-31-16/h5-12,18H,3-4,13H2,1-2H3,(H2,23,24,29)/t18-/m1/s1. The molecule has 4 rings (SSSR count). The van der Waals surface area contributed by atoms with E-state index < -0.39 is 12.0 Å². The normalized spacial score (nSPS) is 15.9. The number of rotatable bonds is 8. The Hall–Kier alpha value is -3.11. The molecule has 2 amide bonds. The molecule has 166 valence electrons. The third-order valence-corrected chi connectivity index (χ3v) is 6.82. The van der Waals surface area contributed by atoms with Crippen molar-refractivity contribution in [2.45, 2.75) is 31.6 Å². The maximum atomic E-state index is 12.8. The molecular formula is C22H23N5O3S2. The van der Waals surface area contributed by atoms with Crippen molar-refractivity contribution in [2.75, 3.05) is 12.4 Å². The molecule has 0 saturated heterocycles. The monoisotopic (exact) mass is 469 g/mol. The number of esters is 1. The fraction of sp³-hybridized carbons (Fsp3) is 0.273. The summed E-state index contributed by atoms with van der Waals surface area (Å²) >= 11 is 2.90. The minimum atomic E-state index is -0.553. The fourth-order valence-corrected chi connectivity index (χ4v) is 5.22. The Morgan fingerprint density at radius 2 is 2.00 bits per heavy atom. The van der Waals surface area contributed by atoms with E-state index in [0.717, 1.165) is 16.3 Å². The van der Waals surface area contributed by atoms with Gasteiger partial charge in [-0.15, -0.1) is 21.5 Å². The number of aromatic nitrogens is 3. The molecule has 0 fully saturated rings. The van der Waals surface area contributed by atoms with Gasteiger partial charge in [-0.05, 0) is 25.3 Å². The van der Waals surface area contributed by atoms with Gasteiger partial charge in [0.1, 0.15) is 0 Å². The van der Waals surface area contributed by atoms with Gasteiger partial charge < -0.3 is 19.9 Å². The van der Waals surface area contributed by atoms with Crippen molar-refractivity contribution >= 4 is 35.1 Å². The molecule has 3 heterocycles. The largest absolute Gasteiger partial charge is 0.463 e. The second-order valence-corrected chi connectivity index (χ2v) is 8.79. The third kappa shape index (κ3) is 4.56. The zero-order chi connectivity index (χ0) is 22.5. The second-order valence-electron chi connectivity index (χ2n) is 6.86. The lowest BCUT2D eigenvalue weighted by atomic mass is 10.0. The van der Waals surface area contributed by atoms with Gasteiger partial charge in [-0.1, -0.05) is 48.2 Å². The molecule has 0 unspecified atom stereocenters. The first-order valence-electron chi connectivity index (χ1n) is 10.2. The molecule has 10 heteroatoms. The molecule has 1 aromatic carbocycles. The summed E-state index contributed by atoms with van der Waals surface area (Å²) in [6, 6.07) is 12.7. The van der Waals surface area contributed by atoms with Crippen LogP contribution in [0.5, 0.6) is 0 Å². The second kappa shape index (κ2) is 10.0. The number of hydrogen-bond acceptors (Lipinski definition) is 7. The zero-order valence-corrected chi connectivity index (χ0v) is 19.3. The van der Waals surface area contributed by atoms with Crippen LogP contribution in [0.3, 0.4) is 0 Å². The Kier molecular flexibility index (Phi) is 6.91. The smallest absolute Gasteiger partial charge is 0.338 e. The molecule has 1 aliphatic rings. The van der Waals surface area contributed by atoms with Crippen LogP contribution in [-0.2, 0) is 16.1 Å². The number of thioether (sulfide) groups is 1. The van der Waals surface area contributed by atoms with Crippen LogP contribution >= 0.6 is 23.1 Å². The van der Waals surface area contributed by atoms with Crippen molar-refractivity contribution in [3.05, 3.63) is 64.0 Å². The van der Waals surface area contributed by atoms with E-state index in [1.807, 2.05) is 59.3 Å². The highest BCUT2D eigenvalue weighted by molar-refractivity contribution is 7.99. The molecular weight excluding hydrogens is 446 g/mol. The number of hydrogen-bond donors (Lipinski definition) is 2. The maximum Gasteiger partial charge on any atom is 0.338 e. The van der Waals surface area contributed by atoms with Crippen LogP contribution in [0, 0.1) is 0 Å². The summed E-state index contributed by atoms with van der Waals surface area (Å²) in [5.41, 5.74) is 1.91. The highest BCUT2D eigenvalue weighted by atomic mass is 32.2. The van der Waals surface area contributed by atoms with Gasteiger partial charge in [0.25, 0.3) is 0 Å². The average Bonchev–Trinajstić information content (AvgIpc) is 3.48. The van der Waals surface area contributed by atoms with Crippen LogP contribution in [0.4, 0.5) is 4.79 Å². The number of ether oxygens (including phenoxy) is 1. The molecule has 0 spiro atoms. The Morgan fingerprint density at radius 1 is 1.19 bits per heavy atom. The molecule has 3 aromatic rings. The summed E-state index contributed by atoms with van der Waals surface area (Å²) in [4.78, 5) is 26.1. The van der Waals surface area contributed by atoms with Gasteiger partial charge in [0.15, 0.2) is 11.0 Å². The van der Waals surface area contributed by atoms with Gasteiger partial charge in [0, 0.05) is 28.4 Å². The molecule has 2 aromatic heterocycles. The first kappa shape index (κ1) is 22.1.